The number of imidazole rings is 1. The first kappa shape index (κ1) is 16.4. The maximum Gasteiger partial charge on any atom is 0.294 e. The molecule has 27 heavy (non-hydrogen) atoms. The van der Waals surface area contributed by atoms with Crippen LogP contribution < -0.4 is 0 Å². The number of fused-ring (bicyclic) bond motifs is 2. The third kappa shape index (κ3) is 2.54. The molecule has 0 aromatic carbocycles. The molecule has 0 bridgehead atoms. The minimum absolute atomic E-state index is 0.00577. The first-order valence-electron chi connectivity index (χ1n) is 9.67. The van der Waals surface area contributed by atoms with Gasteiger partial charge in [-0.15, -0.1) is 5.10 Å². The van der Waals surface area contributed by atoms with E-state index in [0.29, 0.717) is 12.3 Å². The zero-order valence-corrected chi connectivity index (χ0v) is 15.7. The van der Waals surface area contributed by atoms with Gasteiger partial charge in [0.25, 0.3) is 11.7 Å². The first-order valence-corrected chi connectivity index (χ1v) is 9.67. The van der Waals surface area contributed by atoms with Crippen LogP contribution in [0.3, 0.4) is 0 Å². The van der Waals surface area contributed by atoms with E-state index in [4.69, 9.17) is 4.98 Å². The molecule has 1 amide bonds. The van der Waals surface area contributed by atoms with Gasteiger partial charge in [0.15, 0.2) is 0 Å². The molecule has 0 radical (unpaired) electrons. The standard InChI is InChI=1S/C19H23N7O/c1-12-9-10-20-19-22-16(23-26(12)19)18(27)25-11-5-8-15(25)17-21-13-6-3-4-7-14(13)24(17)2/h9-10,15H,3-8,11H2,1-2H3/t15-/m0/s1. The summed E-state index contributed by atoms with van der Waals surface area (Å²) >= 11 is 0. The van der Waals surface area contributed by atoms with Crippen LogP contribution in [0, 0.1) is 6.92 Å². The summed E-state index contributed by atoms with van der Waals surface area (Å²) < 4.78 is 3.84. The number of amides is 1. The maximum absolute atomic E-state index is 13.2. The van der Waals surface area contributed by atoms with Gasteiger partial charge in [-0.3, -0.25) is 4.79 Å². The molecule has 3 aromatic rings. The van der Waals surface area contributed by atoms with Gasteiger partial charge in [-0.05, 0) is 51.5 Å². The lowest BCUT2D eigenvalue weighted by atomic mass is 10.0. The summed E-state index contributed by atoms with van der Waals surface area (Å²) in [7, 11) is 2.09. The van der Waals surface area contributed by atoms with Gasteiger partial charge in [0, 0.05) is 31.2 Å². The largest absolute Gasteiger partial charge is 0.333 e. The number of hydrogen-bond donors (Lipinski definition) is 0. The Labute approximate surface area is 157 Å². The van der Waals surface area contributed by atoms with Crippen molar-refractivity contribution < 1.29 is 4.79 Å². The molecule has 140 valence electrons. The zero-order chi connectivity index (χ0) is 18.5. The van der Waals surface area contributed by atoms with Crippen LogP contribution in [0.2, 0.25) is 0 Å². The number of aromatic nitrogens is 6. The summed E-state index contributed by atoms with van der Waals surface area (Å²) in [5.74, 6) is 1.54. The molecular formula is C19H23N7O. The fourth-order valence-electron chi connectivity index (χ4n) is 4.41. The zero-order valence-electron chi connectivity index (χ0n) is 15.7. The molecule has 0 unspecified atom stereocenters. The van der Waals surface area contributed by atoms with Crippen LogP contribution in [0.5, 0.6) is 0 Å². The number of hydrogen-bond acceptors (Lipinski definition) is 5. The lowest BCUT2D eigenvalue weighted by Crippen LogP contribution is -2.32. The Bertz CT molecular complexity index is 1030. The predicted molar refractivity (Wildman–Crippen MR) is 98.4 cm³/mol. The summed E-state index contributed by atoms with van der Waals surface area (Å²) in [6.45, 7) is 2.64. The van der Waals surface area contributed by atoms with E-state index < -0.39 is 0 Å². The van der Waals surface area contributed by atoms with Gasteiger partial charge in [-0.1, -0.05) is 0 Å². The van der Waals surface area contributed by atoms with Gasteiger partial charge in [-0.25, -0.2) is 14.5 Å². The van der Waals surface area contributed by atoms with Gasteiger partial charge in [0.05, 0.1) is 11.7 Å². The lowest BCUT2D eigenvalue weighted by Gasteiger charge is -2.23. The van der Waals surface area contributed by atoms with Crippen molar-refractivity contribution in [2.24, 2.45) is 7.05 Å². The van der Waals surface area contributed by atoms with Crippen molar-refractivity contribution in [3.8, 4) is 0 Å². The summed E-state index contributed by atoms with van der Waals surface area (Å²) in [4.78, 5) is 28.6. The van der Waals surface area contributed by atoms with Gasteiger partial charge in [0.2, 0.25) is 5.82 Å². The predicted octanol–water partition coefficient (Wildman–Crippen LogP) is 2.02. The van der Waals surface area contributed by atoms with Crippen LogP contribution in [0.1, 0.15) is 65.3 Å². The summed E-state index contributed by atoms with van der Waals surface area (Å²) in [5, 5.41) is 4.40. The fraction of sp³-hybridized carbons (Fsp3) is 0.526. The minimum Gasteiger partial charge on any atom is -0.333 e. The van der Waals surface area contributed by atoms with Crippen molar-refractivity contribution in [1.29, 1.82) is 0 Å². The Balaban J connectivity index is 1.49. The highest BCUT2D eigenvalue weighted by molar-refractivity contribution is 5.91. The summed E-state index contributed by atoms with van der Waals surface area (Å²) in [6, 6.07) is 1.85. The topological polar surface area (TPSA) is 81.2 Å². The molecule has 0 N–H and O–H groups in total. The van der Waals surface area contributed by atoms with Crippen LogP contribution in [0.25, 0.3) is 5.78 Å². The number of carbonyl (C=O) groups is 1. The van der Waals surface area contributed by atoms with E-state index in [9.17, 15) is 4.79 Å². The molecule has 1 aliphatic heterocycles. The van der Waals surface area contributed by atoms with Crippen molar-refractivity contribution >= 4 is 11.7 Å². The van der Waals surface area contributed by atoms with Gasteiger partial charge in [-0.2, -0.15) is 4.98 Å². The highest BCUT2D eigenvalue weighted by Gasteiger charge is 2.36. The minimum atomic E-state index is -0.136. The second kappa shape index (κ2) is 6.14. The van der Waals surface area contributed by atoms with Crippen molar-refractivity contribution in [3.63, 3.8) is 0 Å². The van der Waals surface area contributed by atoms with E-state index in [-0.39, 0.29) is 17.8 Å². The van der Waals surface area contributed by atoms with Crippen molar-refractivity contribution in [3.05, 3.63) is 41.0 Å². The molecule has 2 aliphatic rings. The SMILES string of the molecule is Cc1ccnc2nc(C(=O)N3CCC[C@H]3c3nc4c(n3C)CCCC4)nn12. The Kier molecular flexibility index (Phi) is 3.73. The molecule has 1 fully saturated rings. The number of rotatable bonds is 2. The van der Waals surface area contributed by atoms with Crippen LogP contribution in [-0.2, 0) is 19.9 Å². The normalized spacial score (nSPS) is 19.6. The van der Waals surface area contributed by atoms with Gasteiger partial charge >= 0.3 is 0 Å². The smallest absolute Gasteiger partial charge is 0.294 e. The Morgan fingerprint density at radius 2 is 2.04 bits per heavy atom. The average Bonchev–Trinajstić information content (AvgIpc) is 3.39. The van der Waals surface area contributed by atoms with Crippen LogP contribution >= 0.6 is 0 Å². The first-order chi connectivity index (χ1) is 13.1. The third-order valence-corrected chi connectivity index (χ3v) is 5.84. The molecule has 0 saturated carbocycles. The Morgan fingerprint density at radius 3 is 2.85 bits per heavy atom. The molecule has 3 aromatic heterocycles. The molecule has 5 rings (SSSR count). The highest BCUT2D eigenvalue weighted by atomic mass is 16.2. The summed E-state index contributed by atoms with van der Waals surface area (Å²) in [6.07, 6.45) is 8.13. The molecular weight excluding hydrogens is 342 g/mol. The van der Waals surface area contributed by atoms with Crippen molar-refractivity contribution in [1.82, 2.24) is 34.0 Å². The van der Waals surface area contributed by atoms with E-state index in [1.807, 2.05) is 17.9 Å². The van der Waals surface area contributed by atoms with Crippen LogP contribution in [0.4, 0.5) is 0 Å². The number of aryl methyl sites for hydroxylation is 2. The van der Waals surface area contributed by atoms with Crippen molar-refractivity contribution in [2.75, 3.05) is 6.54 Å². The molecule has 4 heterocycles. The maximum atomic E-state index is 13.2. The van der Waals surface area contributed by atoms with E-state index in [2.05, 4.69) is 26.7 Å². The van der Waals surface area contributed by atoms with E-state index in [1.165, 1.54) is 24.2 Å². The molecule has 8 nitrogen and oxygen atoms in total. The highest BCUT2D eigenvalue weighted by Crippen LogP contribution is 2.34. The Morgan fingerprint density at radius 1 is 1.19 bits per heavy atom. The Hall–Kier alpha value is -2.77. The average molecular weight is 365 g/mol. The van der Waals surface area contributed by atoms with Gasteiger partial charge < -0.3 is 9.47 Å². The fourth-order valence-corrected chi connectivity index (χ4v) is 4.41. The monoisotopic (exact) mass is 365 g/mol. The van der Waals surface area contributed by atoms with Crippen LogP contribution in [0.15, 0.2) is 12.3 Å². The van der Waals surface area contributed by atoms with E-state index >= 15 is 0 Å². The van der Waals surface area contributed by atoms with Crippen LogP contribution in [-0.4, -0.2) is 46.5 Å². The van der Waals surface area contributed by atoms with E-state index in [1.54, 1.807) is 10.7 Å². The second-order valence-electron chi connectivity index (χ2n) is 7.52. The third-order valence-electron chi connectivity index (χ3n) is 5.84. The molecule has 1 atom stereocenters. The molecule has 1 saturated heterocycles. The molecule has 1 aliphatic carbocycles. The molecule has 0 spiro atoms. The number of nitrogens with zero attached hydrogens (tertiary/aromatic N) is 7. The van der Waals surface area contributed by atoms with Gasteiger partial charge in [0.1, 0.15) is 5.82 Å². The summed E-state index contributed by atoms with van der Waals surface area (Å²) in [5.41, 5.74) is 3.45. The number of likely N-dealkylation sites (tertiary alicyclic amines) is 1. The number of carbonyl (C=O) groups excluding carboxylic acids is 1. The van der Waals surface area contributed by atoms with Crippen molar-refractivity contribution in [2.45, 2.75) is 51.5 Å². The second-order valence-corrected chi connectivity index (χ2v) is 7.52. The molecule has 8 heteroatoms. The quantitative estimate of drug-likeness (QED) is 0.694. The lowest BCUT2D eigenvalue weighted by molar-refractivity contribution is 0.0715. The van der Waals surface area contributed by atoms with E-state index in [0.717, 1.165) is 37.2 Å².